The lowest BCUT2D eigenvalue weighted by Gasteiger charge is -2.23. The van der Waals surface area contributed by atoms with Gasteiger partial charge in [0.2, 0.25) is 0 Å². The largest absolute Gasteiger partial charge is 0.383 e. The summed E-state index contributed by atoms with van der Waals surface area (Å²) < 4.78 is 1.63. The van der Waals surface area contributed by atoms with Crippen molar-refractivity contribution in [1.82, 2.24) is 19.9 Å². The molecule has 2 aromatic rings. The Labute approximate surface area is 106 Å². The number of anilines is 2. The molecular weight excluding hydrogens is 228 g/mol. The average molecular weight is 246 g/mol. The summed E-state index contributed by atoms with van der Waals surface area (Å²) in [6, 6.07) is 3.69. The van der Waals surface area contributed by atoms with E-state index in [4.69, 9.17) is 5.73 Å². The molecule has 3 heterocycles. The molecule has 6 nitrogen and oxygen atoms in total. The molecule has 0 aliphatic carbocycles. The van der Waals surface area contributed by atoms with Crippen LogP contribution in [0.4, 0.5) is 11.6 Å². The van der Waals surface area contributed by atoms with Gasteiger partial charge >= 0.3 is 0 Å². The van der Waals surface area contributed by atoms with Gasteiger partial charge in [0.15, 0.2) is 5.65 Å². The summed E-state index contributed by atoms with van der Waals surface area (Å²) in [4.78, 5) is 4.47. The van der Waals surface area contributed by atoms with Crippen LogP contribution >= 0.6 is 0 Å². The lowest BCUT2D eigenvalue weighted by atomic mass is 9.98. The number of rotatable bonds is 3. The van der Waals surface area contributed by atoms with E-state index >= 15 is 0 Å². The summed E-state index contributed by atoms with van der Waals surface area (Å²) in [5.74, 6) is 2.16. The van der Waals surface area contributed by atoms with Gasteiger partial charge in [-0.2, -0.15) is 9.61 Å². The van der Waals surface area contributed by atoms with E-state index in [2.05, 4.69) is 20.7 Å². The smallest absolute Gasteiger partial charge is 0.159 e. The van der Waals surface area contributed by atoms with Gasteiger partial charge in [0.05, 0.1) is 6.20 Å². The van der Waals surface area contributed by atoms with Crippen molar-refractivity contribution in [3.8, 4) is 0 Å². The molecule has 0 spiro atoms. The molecular formula is C12H18N6. The van der Waals surface area contributed by atoms with Crippen LogP contribution in [0.5, 0.6) is 0 Å². The number of hydrogen-bond acceptors (Lipinski definition) is 5. The molecule has 1 saturated heterocycles. The predicted octanol–water partition coefficient (Wildman–Crippen LogP) is 0.723. The van der Waals surface area contributed by atoms with Crippen LogP contribution < -0.4 is 16.4 Å². The van der Waals surface area contributed by atoms with Crippen LogP contribution in [0.25, 0.3) is 5.65 Å². The predicted molar refractivity (Wildman–Crippen MR) is 71.5 cm³/mol. The number of fused-ring (bicyclic) bond motifs is 1. The zero-order valence-electron chi connectivity index (χ0n) is 10.3. The highest BCUT2D eigenvalue weighted by Gasteiger charge is 2.13. The van der Waals surface area contributed by atoms with Gasteiger partial charge in [-0.05, 0) is 31.8 Å². The lowest BCUT2D eigenvalue weighted by molar-refractivity contribution is 0.389. The molecule has 96 valence electrons. The van der Waals surface area contributed by atoms with E-state index in [0.717, 1.165) is 37.0 Å². The Morgan fingerprint density at radius 1 is 1.44 bits per heavy atom. The third kappa shape index (κ3) is 2.24. The summed E-state index contributed by atoms with van der Waals surface area (Å²) in [5, 5.41) is 10.8. The first-order valence-corrected chi connectivity index (χ1v) is 6.38. The van der Waals surface area contributed by atoms with E-state index < -0.39 is 0 Å². The standard InChI is InChI=1S/C12H18N6/c13-10-7-11(17-12-3-6-16-18(10)12)15-8-9-1-4-14-5-2-9/h3,6-7,9,14H,1-2,4-5,8,13H2,(H,15,17). The van der Waals surface area contributed by atoms with E-state index in [1.165, 1.54) is 12.8 Å². The summed E-state index contributed by atoms with van der Waals surface area (Å²) in [5.41, 5.74) is 6.70. The minimum atomic E-state index is 0.609. The van der Waals surface area contributed by atoms with E-state index in [0.29, 0.717) is 5.82 Å². The number of nitrogen functional groups attached to an aromatic ring is 1. The van der Waals surface area contributed by atoms with E-state index in [-0.39, 0.29) is 0 Å². The fourth-order valence-corrected chi connectivity index (χ4v) is 2.36. The first-order valence-electron chi connectivity index (χ1n) is 6.38. The van der Waals surface area contributed by atoms with Crippen LogP contribution in [0.1, 0.15) is 12.8 Å². The van der Waals surface area contributed by atoms with Crippen molar-refractivity contribution in [2.24, 2.45) is 5.92 Å². The van der Waals surface area contributed by atoms with Gasteiger partial charge in [0.25, 0.3) is 0 Å². The number of nitrogens with one attached hydrogen (secondary N) is 2. The molecule has 0 radical (unpaired) electrons. The van der Waals surface area contributed by atoms with E-state index in [9.17, 15) is 0 Å². The fraction of sp³-hybridized carbons (Fsp3) is 0.500. The molecule has 0 aromatic carbocycles. The molecule has 1 aliphatic heterocycles. The fourth-order valence-electron chi connectivity index (χ4n) is 2.36. The van der Waals surface area contributed by atoms with Gasteiger partial charge in [-0.1, -0.05) is 0 Å². The molecule has 3 rings (SSSR count). The Hall–Kier alpha value is -1.82. The second-order valence-electron chi connectivity index (χ2n) is 4.74. The molecule has 0 atom stereocenters. The molecule has 0 bridgehead atoms. The summed E-state index contributed by atoms with van der Waals surface area (Å²) in [6.07, 6.45) is 4.14. The Bertz CT molecular complexity index is 528. The highest BCUT2D eigenvalue weighted by Crippen LogP contribution is 2.16. The SMILES string of the molecule is Nc1cc(NCC2CCNCC2)nc2ccnn12. The van der Waals surface area contributed by atoms with Crippen molar-refractivity contribution in [1.29, 1.82) is 0 Å². The number of hydrogen-bond donors (Lipinski definition) is 3. The minimum Gasteiger partial charge on any atom is -0.383 e. The van der Waals surface area contributed by atoms with Crippen LogP contribution in [0, 0.1) is 5.92 Å². The first-order chi connectivity index (χ1) is 8.83. The molecule has 0 saturated carbocycles. The maximum Gasteiger partial charge on any atom is 0.159 e. The van der Waals surface area contributed by atoms with Crippen LogP contribution in [0.2, 0.25) is 0 Å². The maximum absolute atomic E-state index is 5.92. The summed E-state index contributed by atoms with van der Waals surface area (Å²) in [7, 11) is 0. The lowest BCUT2D eigenvalue weighted by Crippen LogP contribution is -2.31. The van der Waals surface area contributed by atoms with Crippen molar-refractivity contribution in [2.45, 2.75) is 12.8 Å². The maximum atomic E-state index is 5.92. The Morgan fingerprint density at radius 3 is 3.11 bits per heavy atom. The highest BCUT2D eigenvalue weighted by molar-refractivity contribution is 5.54. The van der Waals surface area contributed by atoms with Gasteiger partial charge in [0, 0.05) is 18.7 Å². The molecule has 1 fully saturated rings. The van der Waals surface area contributed by atoms with Crippen LogP contribution in [-0.4, -0.2) is 34.2 Å². The number of piperidine rings is 1. The van der Waals surface area contributed by atoms with Crippen LogP contribution in [0.3, 0.4) is 0 Å². The van der Waals surface area contributed by atoms with Crippen molar-refractivity contribution < 1.29 is 0 Å². The van der Waals surface area contributed by atoms with Crippen LogP contribution in [0.15, 0.2) is 18.3 Å². The Morgan fingerprint density at radius 2 is 2.28 bits per heavy atom. The molecule has 0 amide bonds. The zero-order chi connectivity index (χ0) is 12.4. The third-order valence-corrected chi connectivity index (χ3v) is 3.42. The quantitative estimate of drug-likeness (QED) is 0.743. The van der Waals surface area contributed by atoms with Gasteiger partial charge < -0.3 is 16.4 Å². The monoisotopic (exact) mass is 246 g/mol. The van der Waals surface area contributed by atoms with E-state index in [1.807, 2.05) is 12.1 Å². The average Bonchev–Trinajstić information content (AvgIpc) is 2.86. The highest BCUT2D eigenvalue weighted by atomic mass is 15.3. The van der Waals surface area contributed by atoms with Crippen molar-refractivity contribution in [3.05, 3.63) is 18.3 Å². The molecule has 6 heteroatoms. The topological polar surface area (TPSA) is 80.3 Å². The van der Waals surface area contributed by atoms with Crippen molar-refractivity contribution in [2.75, 3.05) is 30.7 Å². The van der Waals surface area contributed by atoms with Crippen molar-refractivity contribution in [3.63, 3.8) is 0 Å². The second kappa shape index (κ2) is 4.81. The summed E-state index contributed by atoms with van der Waals surface area (Å²) in [6.45, 7) is 3.19. The van der Waals surface area contributed by atoms with Gasteiger partial charge in [-0.15, -0.1) is 0 Å². The normalized spacial score (nSPS) is 17.1. The number of aromatic nitrogens is 3. The van der Waals surface area contributed by atoms with Crippen molar-refractivity contribution >= 4 is 17.3 Å². The molecule has 4 N–H and O–H groups in total. The summed E-state index contributed by atoms with van der Waals surface area (Å²) >= 11 is 0. The van der Waals surface area contributed by atoms with E-state index in [1.54, 1.807) is 10.7 Å². The molecule has 18 heavy (non-hydrogen) atoms. The molecule has 1 aliphatic rings. The molecule has 2 aromatic heterocycles. The van der Waals surface area contributed by atoms with Gasteiger partial charge in [-0.25, -0.2) is 4.98 Å². The molecule has 0 unspecified atom stereocenters. The van der Waals surface area contributed by atoms with Gasteiger partial charge in [0.1, 0.15) is 11.6 Å². The zero-order valence-corrected chi connectivity index (χ0v) is 10.3. The Balaban J connectivity index is 1.70. The Kier molecular flexibility index (Phi) is 3.02. The third-order valence-electron chi connectivity index (χ3n) is 3.42. The van der Waals surface area contributed by atoms with Gasteiger partial charge in [-0.3, -0.25) is 0 Å². The minimum absolute atomic E-state index is 0.609. The second-order valence-corrected chi connectivity index (χ2v) is 4.74. The number of nitrogens with two attached hydrogens (primary N) is 1. The first kappa shape index (κ1) is 11.3. The number of nitrogens with zero attached hydrogens (tertiary/aromatic N) is 3. The van der Waals surface area contributed by atoms with Crippen LogP contribution in [-0.2, 0) is 0 Å².